The molecule has 4 heteroatoms. The summed E-state index contributed by atoms with van der Waals surface area (Å²) in [5.74, 6) is 0.616. The summed E-state index contributed by atoms with van der Waals surface area (Å²) in [6.45, 7) is 2.15. The van der Waals surface area contributed by atoms with Crippen molar-refractivity contribution in [3.63, 3.8) is 0 Å². The first kappa shape index (κ1) is 12.9. The van der Waals surface area contributed by atoms with E-state index in [1.54, 1.807) is 6.26 Å². The second-order valence-electron chi connectivity index (χ2n) is 4.97. The number of nitrogens with one attached hydrogen (secondary N) is 1. The second kappa shape index (κ2) is 5.92. The van der Waals surface area contributed by atoms with Crippen LogP contribution in [0.5, 0.6) is 0 Å². The molecule has 1 aliphatic rings. The summed E-state index contributed by atoms with van der Waals surface area (Å²) < 4.78 is 10.7. The molecule has 0 bridgehead atoms. The van der Waals surface area contributed by atoms with Crippen molar-refractivity contribution in [3.05, 3.63) is 48.4 Å². The van der Waals surface area contributed by atoms with Crippen molar-refractivity contribution < 1.29 is 13.9 Å². The molecule has 0 saturated carbocycles. The zero-order valence-electron chi connectivity index (χ0n) is 11.2. The van der Waals surface area contributed by atoms with Crippen molar-refractivity contribution in [2.75, 3.05) is 19.8 Å². The molecule has 1 aromatic carbocycles. The smallest absolute Gasteiger partial charge is 0.287 e. The van der Waals surface area contributed by atoms with Crippen LogP contribution in [0.1, 0.15) is 17.0 Å². The van der Waals surface area contributed by atoms with Crippen LogP contribution in [-0.4, -0.2) is 25.7 Å². The van der Waals surface area contributed by atoms with E-state index in [0.29, 0.717) is 18.2 Å². The monoisotopic (exact) mass is 271 g/mol. The van der Waals surface area contributed by atoms with Crippen molar-refractivity contribution >= 4 is 5.91 Å². The van der Waals surface area contributed by atoms with Crippen LogP contribution in [0.4, 0.5) is 0 Å². The molecule has 0 aliphatic carbocycles. The van der Waals surface area contributed by atoms with Crippen molar-refractivity contribution in [2.24, 2.45) is 5.92 Å². The summed E-state index contributed by atoms with van der Waals surface area (Å²) in [6.07, 6.45) is 2.56. The number of rotatable bonds is 4. The van der Waals surface area contributed by atoms with Gasteiger partial charge in [0.05, 0.1) is 12.9 Å². The van der Waals surface area contributed by atoms with Gasteiger partial charge in [-0.2, -0.15) is 0 Å². The maximum Gasteiger partial charge on any atom is 0.287 e. The molecule has 1 saturated heterocycles. The van der Waals surface area contributed by atoms with Crippen LogP contribution in [0, 0.1) is 5.92 Å². The average molecular weight is 271 g/mol. The normalized spacial score (nSPS) is 18.1. The minimum absolute atomic E-state index is 0.166. The topological polar surface area (TPSA) is 51.5 Å². The fourth-order valence-electron chi connectivity index (χ4n) is 2.39. The first-order chi connectivity index (χ1) is 9.84. The molecule has 20 heavy (non-hydrogen) atoms. The predicted molar refractivity (Wildman–Crippen MR) is 75.4 cm³/mol. The Bertz CT molecular complexity index is 570. The summed E-state index contributed by atoms with van der Waals surface area (Å²) in [5.41, 5.74) is 1.81. The van der Waals surface area contributed by atoms with Crippen LogP contribution >= 0.6 is 0 Å². The van der Waals surface area contributed by atoms with Crippen LogP contribution in [0.2, 0.25) is 0 Å². The van der Waals surface area contributed by atoms with E-state index in [9.17, 15) is 4.79 Å². The van der Waals surface area contributed by atoms with Gasteiger partial charge in [0.25, 0.3) is 5.91 Å². The Hall–Kier alpha value is -2.07. The van der Waals surface area contributed by atoms with Gasteiger partial charge >= 0.3 is 0 Å². The highest BCUT2D eigenvalue weighted by molar-refractivity contribution is 5.98. The Morgan fingerprint density at radius 3 is 2.85 bits per heavy atom. The quantitative estimate of drug-likeness (QED) is 0.930. The third-order valence-electron chi connectivity index (χ3n) is 3.53. The van der Waals surface area contributed by atoms with Crippen molar-refractivity contribution in [1.82, 2.24) is 5.32 Å². The molecule has 2 heterocycles. The molecule has 104 valence electrons. The Balaban J connectivity index is 1.70. The predicted octanol–water partition coefficient (Wildman–Crippen LogP) is 2.71. The van der Waals surface area contributed by atoms with Crippen molar-refractivity contribution in [3.8, 4) is 11.1 Å². The fourth-order valence-corrected chi connectivity index (χ4v) is 2.39. The molecule has 2 aromatic rings. The zero-order chi connectivity index (χ0) is 13.8. The van der Waals surface area contributed by atoms with Crippen LogP contribution < -0.4 is 5.32 Å². The molecule has 0 unspecified atom stereocenters. The maximum atomic E-state index is 12.2. The highest BCUT2D eigenvalue weighted by Gasteiger charge is 2.20. The summed E-state index contributed by atoms with van der Waals surface area (Å²) in [7, 11) is 0. The third kappa shape index (κ3) is 2.75. The molecule has 0 spiro atoms. The van der Waals surface area contributed by atoms with Crippen LogP contribution in [0.3, 0.4) is 0 Å². The minimum atomic E-state index is -0.166. The van der Waals surface area contributed by atoms with Gasteiger partial charge in [0.1, 0.15) is 0 Å². The van der Waals surface area contributed by atoms with Gasteiger partial charge in [0, 0.05) is 24.6 Å². The van der Waals surface area contributed by atoms with Gasteiger partial charge in [0.15, 0.2) is 5.76 Å². The number of carbonyl (C=O) groups excluding carboxylic acids is 1. The first-order valence-corrected chi connectivity index (χ1v) is 6.83. The molecule has 0 radical (unpaired) electrons. The van der Waals surface area contributed by atoms with Crippen LogP contribution in [-0.2, 0) is 4.74 Å². The summed E-state index contributed by atoms with van der Waals surface area (Å²) >= 11 is 0. The number of carbonyl (C=O) groups is 1. The molecule has 1 N–H and O–H groups in total. The van der Waals surface area contributed by atoms with Gasteiger partial charge in [-0.3, -0.25) is 4.79 Å². The molecular formula is C16H17NO3. The van der Waals surface area contributed by atoms with E-state index in [0.717, 1.165) is 30.8 Å². The average Bonchev–Trinajstić information content (AvgIpc) is 3.17. The second-order valence-corrected chi connectivity index (χ2v) is 4.97. The lowest BCUT2D eigenvalue weighted by molar-refractivity contribution is 0.0918. The van der Waals surface area contributed by atoms with Gasteiger partial charge in [-0.15, -0.1) is 0 Å². The number of amides is 1. The third-order valence-corrected chi connectivity index (χ3v) is 3.53. The van der Waals surface area contributed by atoms with Crippen LogP contribution in [0.25, 0.3) is 11.1 Å². The summed E-state index contributed by atoms with van der Waals surface area (Å²) in [6, 6.07) is 11.6. The van der Waals surface area contributed by atoms with E-state index in [2.05, 4.69) is 5.32 Å². The molecule has 3 rings (SSSR count). The van der Waals surface area contributed by atoms with Crippen LogP contribution in [0.15, 0.2) is 47.1 Å². The SMILES string of the molecule is O=C(NC[C@H]1CCOC1)c1occc1-c1ccccc1. The van der Waals surface area contributed by atoms with Crippen molar-refractivity contribution in [2.45, 2.75) is 6.42 Å². The zero-order valence-corrected chi connectivity index (χ0v) is 11.2. The largest absolute Gasteiger partial charge is 0.459 e. The molecular weight excluding hydrogens is 254 g/mol. The Labute approximate surface area is 117 Å². The first-order valence-electron chi connectivity index (χ1n) is 6.83. The summed E-state index contributed by atoms with van der Waals surface area (Å²) in [4.78, 5) is 12.2. The molecule has 1 fully saturated rings. The van der Waals surface area contributed by atoms with E-state index in [1.165, 1.54) is 0 Å². The van der Waals surface area contributed by atoms with Gasteiger partial charge in [-0.1, -0.05) is 30.3 Å². The van der Waals surface area contributed by atoms with Gasteiger partial charge in [-0.05, 0) is 18.1 Å². The molecule has 1 aromatic heterocycles. The minimum Gasteiger partial charge on any atom is -0.459 e. The number of benzene rings is 1. The van der Waals surface area contributed by atoms with E-state index in [1.807, 2.05) is 36.4 Å². The van der Waals surface area contributed by atoms with E-state index >= 15 is 0 Å². The standard InChI is InChI=1S/C16H17NO3/c18-16(17-10-12-6-8-19-11-12)15-14(7-9-20-15)13-4-2-1-3-5-13/h1-5,7,9,12H,6,8,10-11H2,(H,17,18)/t12-/m1/s1. The lowest BCUT2D eigenvalue weighted by Gasteiger charge is -2.09. The Morgan fingerprint density at radius 1 is 1.25 bits per heavy atom. The van der Waals surface area contributed by atoms with Gasteiger partial charge in [0.2, 0.25) is 0 Å². The highest BCUT2D eigenvalue weighted by atomic mass is 16.5. The van der Waals surface area contributed by atoms with E-state index in [-0.39, 0.29) is 5.91 Å². The number of hydrogen-bond donors (Lipinski definition) is 1. The van der Waals surface area contributed by atoms with Gasteiger partial charge in [-0.25, -0.2) is 0 Å². The number of furan rings is 1. The van der Waals surface area contributed by atoms with E-state index in [4.69, 9.17) is 9.15 Å². The van der Waals surface area contributed by atoms with Crippen molar-refractivity contribution in [1.29, 1.82) is 0 Å². The highest BCUT2D eigenvalue weighted by Crippen LogP contribution is 2.24. The molecule has 1 aliphatic heterocycles. The van der Waals surface area contributed by atoms with E-state index < -0.39 is 0 Å². The lowest BCUT2D eigenvalue weighted by Crippen LogP contribution is -2.29. The molecule has 1 amide bonds. The Kier molecular flexibility index (Phi) is 3.83. The number of hydrogen-bond acceptors (Lipinski definition) is 3. The fraction of sp³-hybridized carbons (Fsp3) is 0.312. The lowest BCUT2D eigenvalue weighted by atomic mass is 10.1. The number of ether oxygens (including phenoxy) is 1. The maximum absolute atomic E-state index is 12.2. The summed E-state index contributed by atoms with van der Waals surface area (Å²) in [5, 5.41) is 2.92. The Morgan fingerprint density at radius 2 is 2.10 bits per heavy atom. The molecule has 4 nitrogen and oxygen atoms in total. The van der Waals surface area contributed by atoms with Gasteiger partial charge < -0.3 is 14.5 Å². The molecule has 1 atom stereocenters.